The molecule has 0 radical (unpaired) electrons. The first-order valence-electron chi connectivity index (χ1n) is 29.6. The fraction of sp³-hybridized carbons (Fsp3) is 0.574. The molecular formula is C61H83Cl4F2N7O10S2. The first-order valence-corrected chi connectivity index (χ1v) is 34.2. The molecule has 2 heterocycles. The van der Waals surface area contributed by atoms with Crippen molar-refractivity contribution in [2.24, 2.45) is 5.92 Å². The molecule has 25 heteroatoms. The number of hydrogen-bond donors (Lipinski definition) is 3. The van der Waals surface area contributed by atoms with E-state index in [2.05, 4.69) is 25.2 Å². The lowest BCUT2D eigenvalue weighted by atomic mass is 10.1. The van der Waals surface area contributed by atoms with Crippen molar-refractivity contribution < 1.29 is 54.2 Å². The number of ketones is 1. The number of sulfonamides is 1. The van der Waals surface area contributed by atoms with Gasteiger partial charge in [0.2, 0.25) is 10.0 Å². The van der Waals surface area contributed by atoms with Crippen LogP contribution < -0.4 is 24.8 Å². The maximum absolute atomic E-state index is 15.3. The molecule has 0 unspecified atom stereocenters. The van der Waals surface area contributed by atoms with Crippen LogP contribution in [0.2, 0.25) is 20.1 Å². The Morgan fingerprint density at radius 3 is 1.77 bits per heavy atom. The molecule has 476 valence electrons. The minimum Gasteiger partial charge on any atom is -0.481 e. The second-order valence-corrected chi connectivity index (χ2v) is 28.3. The van der Waals surface area contributed by atoms with E-state index in [1.807, 2.05) is 51.8 Å². The van der Waals surface area contributed by atoms with E-state index < -0.39 is 43.7 Å². The van der Waals surface area contributed by atoms with Crippen molar-refractivity contribution >= 4 is 78.1 Å². The van der Waals surface area contributed by atoms with Crippen molar-refractivity contribution in [3.05, 3.63) is 115 Å². The highest BCUT2D eigenvalue weighted by molar-refractivity contribution is 7.91. The summed E-state index contributed by atoms with van der Waals surface area (Å²) >= 11 is 25.4. The molecule has 2 aliphatic carbocycles. The molecule has 4 aliphatic rings. The van der Waals surface area contributed by atoms with Crippen molar-refractivity contribution in [2.45, 2.75) is 118 Å². The molecule has 6 atom stereocenters. The average molecular weight is 1320 g/mol. The Kier molecular flexibility index (Phi) is 26.4. The number of carbonyl (C=O) groups excluding carboxylic acids is 2. The summed E-state index contributed by atoms with van der Waals surface area (Å²) in [4.78, 5) is 31.6. The quantitative estimate of drug-likeness (QED) is 0.0418. The standard InChI is InChI=1S/C35H50Cl2FN5O6S.C26H33Cl2FN2O4S/c1-4-8-26(44)9-6-5-7-13-39-35(45)40-14-17-48-18-16-43-15-12-25(23-43)41-50(46,47)27-10-11-33(31(38)21-27)49-34-29-19-24(36)20-30(37)28(29)22-32(34)42(2)3;1-4-34-10-9-31-8-7-17(15-31)16-36(32,33)19-5-6-25(23(29)13-19)35-26-21-11-18(27)12-22(28)20(21)14-24(26)30(2)3/h10-11,19-21,25,32,34,41H,4-9,12-18,22-23H2,1-3H3,(H2,39,40,45);5-6,11-13,17,24,26H,4,7-10,14-16H2,1-3H3/t25-,32+,34+;17-,24+,26+/m11/s1. The number of sulfone groups is 1. The number of nitrogens with zero attached hydrogens (tertiary/aromatic N) is 4. The van der Waals surface area contributed by atoms with Crippen molar-refractivity contribution in [3.63, 3.8) is 0 Å². The molecule has 0 aromatic heterocycles. The van der Waals surface area contributed by atoms with Crippen LogP contribution in [0.3, 0.4) is 0 Å². The summed E-state index contributed by atoms with van der Waals surface area (Å²) in [7, 11) is 0.0443. The number of amides is 2. The van der Waals surface area contributed by atoms with E-state index >= 15 is 8.78 Å². The molecule has 2 amide bonds. The van der Waals surface area contributed by atoms with E-state index in [0.717, 1.165) is 79.6 Å². The highest BCUT2D eigenvalue weighted by Crippen LogP contribution is 2.44. The van der Waals surface area contributed by atoms with Gasteiger partial charge in [-0.1, -0.05) is 59.7 Å². The molecule has 0 saturated carbocycles. The second-order valence-electron chi connectivity index (χ2n) is 22.9. The maximum Gasteiger partial charge on any atom is 0.314 e. The number of halogens is 6. The van der Waals surface area contributed by atoms with Crippen molar-refractivity contribution in [3.8, 4) is 11.5 Å². The van der Waals surface area contributed by atoms with Crippen LogP contribution in [-0.2, 0) is 47.0 Å². The summed E-state index contributed by atoms with van der Waals surface area (Å²) in [5.74, 6) is -1.24. The zero-order valence-electron chi connectivity index (χ0n) is 50.0. The lowest BCUT2D eigenvalue weighted by molar-refractivity contribution is -0.119. The number of hydrogen-bond acceptors (Lipinski definition) is 14. The average Bonchev–Trinajstić information content (AvgIpc) is 1.90. The fourth-order valence-electron chi connectivity index (χ4n) is 11.5. The largest absolute Gasteiger partial charge is 0.481 e. The normalized spacial score (nSPS) is 20.5. The Morgan fingerprint density at radius 2 is 1.20 bits per heavy atom. The van der Waals surface area contributed by atoms with Crippen LogP contribution >= 0.6 is 46.4 Å². The Labute approximate surface area is 526 Å². The summed E-state index contributed by atoms with van der Waals surface area (Å²) in [5, 5.41) is 7.59. The number of carbonyl (C=O) groups is 2. The van der Waals surface area contributed by atoms with E-state index in [4.69, 9.17) is 65.4 Å². The smallest absolute Gasteiger partial charge is 0.314 e. The highest BCUT2D eigenvalue weighted by atomic mass is 35.5. The summed E-state index contributed by atoms with van der Waals surface area (Å²) in [6.45, 7) is 11.1. The van der Waals surface area contributed by atoms with Gasteiger partial charge in [-0.2, -0.15) is 0 Å². The number of fused-ring (bicyclic) bond motifs is 2. The molecule has 17 nitrogen and oxygen atoms in total. The molecule has 86 heavy (non-hydrogen) atoms. The first kappa shape index (κ1) is 69.5. The number of Topliss-reactive ketones (excluding diaryl/α,β-unsaturated/α-hetero) is 1. The van der Waals surface area contributed by atoms with E-state index in [-0.39, 0.29) is 57.1 Å². The lowest BCUT2D eigenvalue weighted by Gasteiger charge is -2.27. The SMILES string of the molecule is CCCC(=O)CCCCCNC(=O)NCCOCCN1CC[C@@H](NS(=O)(=O)c2ccc(O[C@H]3c4cc(Cl)cc(Cl)c4C[C@@H]3N(C)C)c(F)c2)C1.CCOCCN1CC[C@@H](CS(=O)(=O)c2ccc(O[C@H]3c4cc(Cl)cc(Cl)c4C[C@@H]3N(C)C)c(F)c2)C1. The molecule has 4 aromatic carbocycles. The number of likely N-dealkylation sites (N-methyl/N-ethyl adjacent to an activating group) is 2. The van der Waals surface area contributed by atoms with Gasteiger partial charge in [0.1, 0.15) is 18.0 Å². The summed E-state index contributed by atoms with van der Waals surface area (Å²) in [6, 6.07) is 13.8. The fourth-order valence-corrected chi connectivity index (χ4v) is 15.5. The molecule has 2 aliphatic heterocycles. The van der Waals surface area contributed by atoms with Gasteiger partial charge in [-0.3, -0.25) is 9.69 Å². The third-order valence-corrected chi connectivity index (χ3v) is 20.6. The van der Waals surface area contributed by atoms with Crippen LogP contribution in [0.4, 0.5) is 13.6 Å². The van der Waals surface area contributed by atoms with Gasteiger partial charge in [-0.15, -0.1) is 0 Å². The minimum absolute atomic E-state index is 0.00212. The van der Waals surface area contributed by atoms with Crippen LogP contribution in [0.1, 0.15) is 99.7 Å². The third-order valence-electron chi connectivity index (χ3n) is 16.0. The molecule has 0 spiro atoms. The number of nitrogens with one attached hydrogen (secondary N) is 3. The zero-order chi connectivity index (χ0) is 62.3. The van der Waals surface area contributed by atoms with E-state index in [1.165, 1.54) is 24.3 Å². The van der Waals surface area contributed by atoms with Crippen molar-refractivity contribution in [1.82, 2.24) is 35.0 Å². The second kappa shape index (κ2) is 32.7. The van der Waals surface area contributed by atoms with Gasteiger partial charge in [0.25, 0.3) is 0 Å². The van der Waals surface area contributed by atoms with Gasteiger partial charge in [0.05, 0.1) is 47.4 Å². The van der Waals surface area contributed by atoms with Crippen LogP contribution in [0.15, 0.2) is 70.5 Å². The van der Waals surface area contributed by atoms with E-state index in [0.29, 0.717) is 124 Å². The van der Waals surface area contributed by atoms with Crippen LogP contribution in [0, 0.1) is 17.6 Å². The van der Waals surface area contributed by atoms with Gasteiger partial charge in [0, 0.05) is 96.0 Å². The first-order chi connectivity index (χ1) is 41.0. The number of ether oxygens (including phenoxy) is 4. The van der Waals surface area contributed by atoms with Gasteiger partial charge in [-0.05, 0) is 171 Å². The molecule has 2 saturated heterocycles. The van der Waals surface area contributed by atoms with Crippen LogP contribution in [0.25, 0.3) is 0 Å². The minimum atomic E-state index is -3.98. The summed E-state index contributed by atoms with van der Waals surface area (Å²) in [6.07, 6.45) is 6.33. The molecule has 0 bridgehead atoms. The third kappa shape index (κ3) is 19.5. The van der Waals surface area contributed by atoms with Crippen LogP contribution in [0.5, 0.6) is 11.5 Å². The van der Waals surface area contributed by atoms with Gasteiger partial charge in [0.15, 0.2) is 33.0 Å². The number of rotatable bonds is 30. The number of unbranched alkanes of at least 4 members (excludes halogenated alkanes) is 2. The predicted octanol–water partition coefficient (Wildman–Crippen LogP) is 10.2. The monoisotopic (exact) mass is 1320 g/mol. The Bertz CT molecular complexity index is 3170. The number of benzene rings is 4. The molecular weight excluding hydrogens is 1230 g/mol. The number of urea groups is 1. The lowest BCUT2D eigenvalue weighted by Crippen LogP contribution is -2.38. The zero-order valence-corrected chi connectivity index (χ0v) is 54.6. The Morgan fingerprint density at radius 1 is 0.651 bits per heavy atom. The van der Waals surface area contributed by atoms with Gasteiger partial charge < -0.3 is 44.3 Å². The molecule has 4 aromatic rings. The molecule has 3 N–H and O–H groups in total. The topological polar surface area (TPSA) is 188 Å². The van der Waals surface area contributed by atoms with Gasteiger partial charge in [-0.25, -0.2) is 35.1 Å². The molecule has 2 fully saturated rings. The van der Waals surface area contributed by atoms with Gasteiger partial charge >= 0.3 is 6.03 Å². The van der Waals surface area contributed by atoms with E-state index in [9.17, 15) is 26.4 Å². The maximum atomic E-state index is 15.3. The van der Waals surface area contributed by atoms with E-state index in [1.54, 1.807) is 24.3 Å². The van der Waals surface area contributed by atoms with Crippen molar-refractivity contribution in [2.75, 3.05) is 113 Å². The van der Waals surface area contributed by atoms with Crippen molar-refractivity contribution in [1.29, 1.82) is 0 Å². The Hall–Kier alpha value is -3.94. The predicted molar refractivity (Wildman–Crippen MR) is 334 cm³/mol. The highest BCUT2D eigenvalue weighted by Gasteiger charge is 2.40. The Balaban J connectivity index is 0.000000259. The molecule has 8 rings (SSSR count). The summed E-state index contributed by atoms with van der Waals surface area (Å²) in [5.41, 5.74) is 3.42. The summed E-state index contributed by atoms with van der Waals surface area (Å²) < 4.78 is 109. The van der Waals surface area contributed by atoms with Crippen LogP contribution in [-0.4, -0.2) is 179 Å². The number of likely N-dealkylation sites (tertiary alicyclic amines) is 2.